The van der Waals surface area contributed by atoms with Crippen molar-refractivity contribution in [2.75, 3.05) is 13.2 Å². The maximum Gasteiger partial charge on any atom is 1.00 e. The van der Waals surface area contributed by atoms with Gasteiger partial charge in [0.1, 0.15) is 10.1 Å². The van der Waals surface area contributed by atoms with Gasteiger partial charge in [-0.1, -0.05) is 142 Å². The van der Waals surface area contributed by atoms with E-state index >= 15 is 0 Å². The zero-order chi connectivity index (χ0) is 28.3. The van der Waals surface area contributed by atoms with E-state index in [0.29, 0.717) is 12.8 Å². The smallest absolute Gasteiger partial charge is 0.747 e. The van der Waals surface area contributed by atoms with Crippen LogP contribution in [0.3, 0.4) is 0 Å². The first-order valence-electron chi connectivity index (χ1n) is 15.6. The molecule has 0 rings (SSSR count). The molecular formula is C30H57KO7S. The fourth-order valence-electron chi connectivity index (χ4n) is 4.50. The first-order valence-corrected chi connectivity index (χ1v) is 17.1. The normalized spacial score (nSPS) is 12.1. The van der Waals surface area contributed by atoms with Crippen LogP contribution < -0.4 is 51.4 Å². The Labute approximate surface area is 282 Å². The maximum atomic E-state index is 12.2. The summed E-state index contributed by atoms with van der Waals surface area (Å²) in [5.74, 6) is -2.01. The fraction of sp³-hybridized carbons (Fsp3) is 0.933. The topological polar surface area (TPSA) is 110 Å². The van der Waals surface area contributed by atoms with Crippen LogP contribution in [0, 0.1) is 0 Å². The summed E-state index contributed by atoms with van der Waals surface area (Å²) >= 11 is 0. The number of carbonyl (C=O) groups excluding carboxylic acids is 2. The minimum Gasteiger partial charge on any atom is -0.747 e. The summed E-state index contributed by atoms with van der Waals surface area (Å²) in [6, 6.07) is 0. The predicted molar refractivity (Wildman–Crippen MR) is 153 cm³/mol. The van der Waals surface area contributed by atoms with Gasteiger partial charge < -0.3 is 14.0 Å². The average Bonchev–Trinajstić information content (AvgIpc) is 2.87. The van der Waals surface area contributed by atoms with Gasteiger partial charge in [0.15, 0.2) is 5.25 Å². The van der Waals surface area contributed by atoms with E-state index in [0.717, 1.165) is 38.5 Å². The monoisotopic (exact) mass is 600 g/mol. The van der Waals surface area contributed by atoms with Crippen LogP contribution in [0.25, 0.3) is 0 Å². The third-order valence-electron chi connectivity index (χ3n) is 6.97. The quantitative estimate of drug-likeness (QED) is 0.0538. The van der Waals surface area contributed by atoms with Crippen LogP contribution in [0.5, 0.6) is 0 Å². The van der Waals surface area contributed by atoms with Crippen LogP contribution in [-0.2, 0) is 29.2 Å². The van der Waals surface area contributed by atoms with Crippen LogP contribution in [0.15, 0.2) is 0 Å². The molecule has 0 saturated carbocycles. The summed E-state index contributed by atoms with van der Waals surface area (Å²) in [5, 5.41) is -2.04. The van der Waals surface area contributed by atoms with Crippen LogP contribution in [-0.4, -0.2) is 43.4 Å². The molecule has 39 heavy (non-hydrogen) atoms. The second-order valence-electron chi connectivity index (χ2n) is 10.6. The minimum atomic E-state index is -5.01. The Morgan fingerprint density at radius 3 is 1.21 bits per heavy atom. The SMILES string of the molecule is CCCCCCCCCCCCCOC(=O)CC(C(=O)OCCCCCCCCCCCCC)S(=O)(=O)[O-].[K+]. The predicted octanol–water partition coefficient (Wildman–Crippen LogP) is 5.00. The van der Waals surface area contributed by atoms with Crippen molar-refractivity contribution in [3.63, 3.8) is 0 Å². The maximum absolute atomic E-state index is 12.2. The summed E-state index contributed by atoms with van der Waals surface area (Å²) in [4.78, 5) is 24.2. The van der Waals surface area contributed by atoms with E-state index < -0.39 is 33.7 Å². The summed E-state index contributed by atoms with van der Waals surface area (Å²) in [6.07, 6.45) is 24.6. The summed E-state index contributed by atoms with van der Waals surface area (Å²) in [5.41, 5.74) is 0. The number of hydrogen-bond donors (Lipinski definition) is 0. The van der Waals surface area contributed by atoms with E-state index in [1.165, 1.54) is 89.9 Å². The van der Waals surface area contributed by atoms with E-state index in [9.17, 15) is 22.6 Å². The zero-order valence-corrected chi connectivity index (χ0v) is 29.5. The van der Waals surface area contributed by atoms with Gasteiger partial charge in [0.25, 0.3) is 0 Å². The van der Waals surface area contributed by atoms with Crippen molar-refractivity contribution >= 4 is 22.1 Å². The number of ether oxygens (including phenoxy) is 2. The van der Waals surface area contributed by atoms with E-state index in [1.807, 2.05) is 0 Å². The van der Waals surface area contributed by atoms with Crippen LogP contribution >= 0.6 is 0 Å². The van der Waals surface area contributed by atoms with Gasteiger partial charge in [0.2, 0.25) is 0 Å². The van der Waals surface area contributed by atoms with Crippen molar-refractivity contribution in [1.29, 1.82) is 0 Å². The van der Waals surface area contributed by atoms with E-state index in [1.54, 1.807) is 0 Å². The van der Waals surface area contributed by atoms with Crippen LogP contribution in [0.4, 0.5) is 0 Å². The molecule has 0 aliphatic rings. The molecule has 0 fully saturated rings. The molecule has 9 heteroatoms. The number of carbonyl (C=O) groups is 2. The Bertz CT molecular complexity index is 670. The van der Waals surface area contributed by atoms with Crippen molar-refractivity contribution in [2.45, 2.75) is 167 Å². The summed E-state index contributed by atoms with van der Waals surface area (Å²) in [7, 11) is -5.01. The third kappa shape index (κ3) is 28.4. The van der Waals surface area contributed by atoms with Gasteiger partial charge in [-0.25, -0.2) is 8.42 Å². The van der Waals surface area contributed by atoms with Gasteiger partial charge in [0, 0.05) is 0 Å². The Balaban J connectivity index is 0. The van der Waals surface area contributed by atoms with Crippen LogP contribution in [0.2, 0.25) is 0 Å². The fourth-order valence-corrected chi connectivity index (χ4v) is 5.14. The summed E-state index contributed by atoms with van der Waals surface area (Å²) < 4.78 is 44.7. The molecule has 0 aromatic rings. The van der Waals surface area contributed by atoms with E-state index in [-0.39, 0.29) is 64.6 Å². The Kier molecular flexibility index (Phi) is 32.0. The second kappa shape index (κ2) is 30.0. The number of esters is 2. The molecule has 7 nitrogen and oxygen atoms in total. The van der Waals surface area contributed by atoms with Crippen molar-refractivity contribution in [1.82, 2.24) is 0 Å². The van der Waals surface area contributed by atoms with Gasteiger partial charge >= 0.3 is 63.3 Å². The molecule has 0 amide bonds. The molecule has 0 spiro atoms. The van der Waals surface area contributed by atoms with Gasteiger partial charge in [-0.15, -0.1) is 0 Å². The van der Waals surface area contributed by atoms with Crippen molar-refractivity contribution in [3.8, 4) is 0 Å². The molecule has 0 aliphatic carbocycles. The molecule has 0 aliphatic heterocycles. The van der Waals surface area contributed by atoms with Crippen molar-refractivity contribution in [2.24, 2.45) is 0 Å². The molecule has 1 atom stereocenters. The molecule has 0 radical (unpaired) electrons. The van der Waals surface area contributed by atoms with Crippen LogP contribution in [0.1, 0.15) is 162 Å². The Morgan fingerprint density at radius 2 is 0.872 bits per heavy atom. The molecule has 0 N–H and O–H groups in total. The standard InChI is InChI=1S/C30H58O7S.K/c1-3-5-7-9-11-13-15-17-19-21-23-25-36-29(31)27-28(38(33,34)35)30(32)37-26-24-22-20-18-16-14-12-10-8-6-4-2;/h28H,3-27H2,1-2H3,(H,33,34,35);/q;+1/p-1. The molecular weight excluding hydrogens is 543 g/mol. The van der Waals surface area contributed by atoms with Gasteiger partial charge in [0.05, 0.1) is 19.6 Å². The number of rotatable bonds is 28. The molecule has 0 bridgehead atoms. The van der Waals surface area contributed by atoms with E-state index in [2.05, 4.69) is 13.8 Å². The first kappa shape index (κ1) is 41.6. The van der Waals surface area contributed by atoms with Gasteiger partial charge in [-0.3, -0.25) is 9.59 Å². The third-order valence-corrected chi connectivity index (χ3v) is 8.02. The Hall–Kier alpha value is 0.486. The zero-order valence-electron chi connectivity index (χ0n) is 25.5. The van der Waals surface area contributed by atoms with Crippen molar-refractivity contribution < 1.29 is 83.4 Å². The number of unbranched alkanes of at least 4 members (excludes halogenated alkanes) is 20. The first-order chi connectivity index (χ1) is 18.3. The molecule has 0 heterocycles. The molecule has 1 unspecified atom stereocenters. The van der Waals surface area contributed by atoms with Gasteiger partial charge in [-0.2, -0.15) is 0 Å². The minimum absolute atomic E-state index is 0. The average molecular weight is 601 g/mol. The molecule has 0 aromatic carbocycles. The van der Waals surface area contributed by atoms with E-state index in [4.69, 9.17) is 9.47 Å². The summed E-state index contributed by atoms with van der Waals surface area (Å²) in [6.45, 7) is 4.65. The van der Waals surface area contributed by atoms with Crippen molar-refractivity contribution in [3.05, 3.63) is 0 Å². The number of hydrogen-bond acceptors (Lipinski definition) is 7. The molecule has 0 saturated heterocycles. The largest absolute Gasteiger partial charge is 1.00 e. The Morgan fingerprint density at radius 1 is 0.564 bits per heavy atom. The second-order valence-corrected chi connectivity index (χ2v) is 12.2. The molecule has 226 valence electrons. The molecule has 0 aromatic heterocycles. The van der Waals surface area contributed by atoms with Gasteiger partial charge in [-0.05, 0) is 12.8 Å².